The maximum atomic E-state index is 5.26. The number of hydrogen-bond donors (Lipinski definition) is 1. The van der Waals surface area contributed by atoms with Crippen LogP contribution in [0.1, 0.15) is 23.9 Å². The molecular formula is C21H32N6O. The third-order valence-electron chi connectivity index (χ3n) is 5.40. The number of methoxy groups -OCH3 is 1. The monoisotopic (exact) mass is 384 g/mol. The molecule has 1 aliphatic rings. The molecule has 7 nitrogen and oxygen atoms in total. The first-order valence-corrected chi connectivity index (χ1v) is 9.94. The van der Waals surface area contributed by atoms with Gasteiger partial charge in [0.2, 0.25) is 0 Å². The number of nitrogens with zero attached hydrogens (tertiary/aromatic N) is 5. The van der Waals surface area contributed by atoms with Gasteiger partial charge in [-0.15, -0.1) is 0 Å². The molecule has 0 saturated carbocycles. The summed E-state index contributed by atoms with van der Waals surface area (Å²) in [4.78, 5) is 9.67. The van der Waals surface area contributed by atoms with Gasteiger partial charge in [-0.1, -0.05) is 0 Å². The molecule has 0 aliphatic carbocycles. The van der Waals surface area contributed by atoms with Gasteiger partial charge in [0.25, 0.3) is 0 Å². The fourth-order valence-corrected chi connectivity index (χ4v) is 3.60. The summed E-state index contributed by atoms with van der Waals surface area (Å²) in [5.41, 5.74) is 4.70. The number of ether oxygens (including phenoxy) is 1. The SMILES string of the molecule is CCNC(=NCc1c(C)nn(C)c1C)N1CCN(c2ccc(OC)cc2)CC1. The molecule has 1 aliphatic heterocycles. The summed E-state index contributed by atoms with van der Waals surface area (Å²) in [6.45, 7) is 11.6. The van der Waals surface area contributed by atoms with E-state index in [-0.39, 0.29) is 0 Å². The summed E-state index contributed by atoms with van der Waals surface area (Å²) >= 11 is 0. The molecule has 28 heavy (non-hydrogen) atoms. The maximum Gasteiger partial charge on any atom is 0.194 e. The number of aryl methyl sites for hydroxylation is 2. The number of hydrogen-bond acceptors (Lipinski definition) is 4. The Morgan fingerprint density at radius 1 is 1.14 bits per heavy atom. The minimum atomic E-state index is 0.659. The van der Waals surface area contributed by atoms with Crippen LogP contribution in [0.15, 0.2) is 29.3 Å². The van der Waals surface area contributed by atoms with Gasteiger partial charge in [0.05, 0.1) is 19.3 Å². The van der Waals surface area contributed by atoms with Crippen molar-refractivity contribution in [3.05, 3.63) is 41.2 Å². The molecule has 1 fully saturated rings. The first-order valence-electron chi connectivity index (χ1n) is 9.94. The van der Waals surface area contributed by atoms with Gasteiger partial charge in [-0.25, -0.2) is 4.99 Å². The lowest BCUT2D eigenvalue weighted by Crippen LogP contribution is -2.52. The summed E-state index contributed by atoms with van der Waals surface area (Å²) in [7, 11) is 3.68. The van der Waals surface area contributed by atoms with Gasteiger partial charge >= 0.3 is 0 Å². The van der Waals surface area contributed by atoms with Crippen molar-refractivity contribution in [1.82, 2.24) is 20.0 Å². The van der Waals surface area contributed by atoms with E-state index in [1.54, 1.807) is 7.11 Å². The van der Waals surface area contributed by atoms with Crippen LogP contribution in [0.5, 0.6) is 5.75 Å². The van der Waals surface area contributed by atoms with Crippen molar-refractivity contribution in [2.45, 2.75) is 27.3 Å². The molecule has 1 aromatic carbocycles. The second kappa shape index (κ2) is 8.99. The molecule has 3 rings (SSSR count). The van der Waals surface area contributed by atoms with Crippen molar-refractivity contribution < 1.29 is 4.74 Å². The molecule has 0 radical (unpaired) electrons. The van der Waals surface area contributed by atoms with E-state index in [1.165, 1.54) is 16.9 Å². The van der Waals surface area contributed by atoms with E-state index in [0.29, 0.717) is 6.54 Å². The predicted molar refractivity (Wildman–Crippen MR) is 114 cm³/mol. The topological polar surface area (TPSA) is 57.9 Å². The molecule has 2 heterocycles. The van der Waals surface area contributed by atoms with Crippen molar-refractivity contribution in [3.63, 3.8) is 0 Å². The van der Waals surface area contributed by atoms with Gasteiger partial charge in [-0.2, -0.15) is 5.10 Å². The number of aromatic nitrogens is 2. The lowest BCUT2D eigenvalue weighted by atomic mass is 10.2. The lowest BCUT2D eigenvalue weighted by Gasteiger charge is -2.37. The Labute approximate surface area is 168 Å². The van der Waals surface area contributed by atoms with Gasteiger partial charge in [0, 0.05) is 56.7 Å². The molecule has 0 unspecified atom stereocenters. The highest BCUT2D eigenvalue weighted by Gasteiger charge is 2.20. The fraction of sp³-hybridized carbons (Fsp3) is 0.524. The fourth-order valence-electron chi connectivity index (χ4n) is 3.60. The van der Waals surface area contributed by atoms with Crippen LogP contribution < -0.4 is 15.0 Å². The second-order valence-electron chi connectivity index (χ2n) is 7.12. The molecular weight excluding hydrogens is 352 g/mol. The number of nitrogens with one attached hydrogen (secondary N) is 1. The van der Waals surface area contributed by atoms with Crippen molar-refractivity contribution >= 4 is 11.6 Å². The van der Waals surface area contributed by atoms with E-state index < -0.39 is 0 Å². The standard InChI is InChI=1S/C21H32N6O/c1-6-22-21(23-15-20-16(2)24-25(4)17(20)3)27-13-11-26(12-14-27)18-7-9-19(28-5)10-8-18/h7-10H,6,11-15H2,1-5H3,(H,22,23). The number of benzene rings is 1. The van der Waals surface area contributed by atoms with E-state index in [2.05, 4.69) is 53.1 Å². The van der Waals surface area contributed by atoms with Crippen LogP contribution in [0.2, 0.25) is 0 Å². The van der Waals surface area contributed by atoms with Crippen LogP contribution in [0, 0.1) is 13.8 Å². The first kappa shape index (κ1) is 20.0. The van der Waals surface area contributed by atoms with E-state index in [9.17, 15) is 0 Å². The van der Waals surface area contributed by atoms with Gasteiger partial charge in [-0.3, -0.25) is 4.68 Å². The average Bonchev–Trinajstić information content (AvgIpc) is 2.97. The molecule has 1 aromatic heterocycles. The zero-order chi connectivity index (χ0) is 20.1. The van der Waals surface area contributed by atoms with E-state index >= 15 is 0 Å². The molecule has 1 saturated heterocycles. The second-order valence-corrected chi connectivity index (χ2v) is 7.12. The quantitative estimate of drug-likeness (QED) is 0.633. The van der Waals surface area contributed by atoms with Crippen LogP contribution in [-0.2, 0) is 13.6 Å². The number of anilines is 1. The van der Waals surface area contributed by atoms with Crippen LogP contribution in [0.4, 0.5) is 5.69 Å². The Morgan fingerprint density at radius 3 is 2.36 bits per heavy atom. The van der Waals surface area contributed by atoms with Crippen LogP contribution in [0.25, 0.3) is 0 Å². The van der Waals surface area contributed by atoms with E-state index in [4.69, 9.17) is 9.73 Å². The number of rotatable bonds is 5. The summed E-state index contributed by atoms with van der Waals surface area (Å²) in [5, 5.41) is 7.95. The zero-order valence-electron chi connectivity index (χ0n) is 17.7. The van der Waals surface area contributed by atoms with Gasteiger partial charge in [-0.05, 0) is 45.0 Å². The summed E-state index contributed by atoms with van der Waals surface area (Å²) in [5.74, 6) is 1.88. The summed E-state index contributed by atoms with van der Waals surface area (Å²) in [6.07, 6.45) is 0. The Morgan fingerprint density at radius 2 is 1.82 bits per heavy atom. The molecule has 152 valence electrons. The maximum absolute atomic E-state index is 5.26. The molecule has 7 heteroatoms. The smallest absolute Gasteiger partial charge is 0.194 e. The number of guanidine groups is 1. The van der Waals surface area contributed by atoms with Gasteiger partial charge < -0.3 is 19.9 Å². The summed E-state index contributed by atoms with van der Waals surface area (Å²) in [6, 6.07) is 8.29. The van der Waals surface area contributed by atoms with Crippen molar-refractivity contribution in [2.24, 2.45) is 12.0 Å². The third kappa shape index (κ3) is 4.40. The largest absolute Gasteiger partial charge is 0.497 e. The average molecular weight is 385 g/mol. The molecule has 0 bridgehead atoms. The van der Waals surface area contributed by atoms with Crippen LogP contribution in [0.3, 0.4) is 0 Å². The molecule has 0 amide bonds. The molecule has 0 spiro atoms. The van der Waals surface area contributed by atoms with Crippen molar-refractivity contribution in [1.29, 1.82) is 0 Å². The Balaban J connectivity index is 1.65. The first-order chi connectivity index (χ1) is 13.5. The highest BCUT2D eigenvalue weighted by Crippen LogP contribution is 2.20. The predicted octanol–water partition coefficient (Wildman–Crippen LogP) is 2.33. The highest BCUT2D eigenvalue weighted by molar-refractivity contribution is 5.80. The Kier molecular flexibility index (Phi) is 6.44. The van der Waals surface area contributed by atoms with E-state index in [1.807, 2.05) is 23.9 Å². The molecule has 2 aromatic rings. The minimum absolute atomic E-state index is 0.659. The summed E-state index contributed by atoms with van der Waals surface area (Å²) < 4.78 is 7.19. The van der Waals surface area contributed by atoms with Crippen LogP contribution in [-0.4, -0.2) is 60.5 Å². The van der Waals surface area contributed by atoms with Crippen LogP contribution >= 0.6 is 0 Å². The van der Waals surface area contributed by atoms with Gasteiger partial charge in [0.1, 0.15) is 5.75 Å². The zero-order valence-corrected chi connectivity index (χ0v) is 17.7. The molecule has 0 atom stereocenters. The number of aliphatic imine (C=N–C) groups is 1. The van der Waals surface area contributed by atoms with Gasteiger partial charge in [0.15, 0.2) is 5.96 Å². The lowest BCUT2D eigenvalue weighted by molar-refractivity contribution is 0.372. The third-order valence-corrected chi connectivity index (χ3v) is 5.40. The van der Waals surface area contributed by atoms with E-state index in [0.717, 1.165) is 50.1 Å². The number of piperazine rings is 1. The Hall–Kier alpha value is -2.70. The minimum Gasteiger partial charge on any atom is -0.497 e. The Bertz CT molecular complexity index is 803. The van der Waals surface area contributed by atoms with Crippen molar-refractivity contribution in [3.8, 4) is 5.75 Å². The normalized spacial score (nSPS) is 15.1. The highest BCUT2D eigenvalue weighted by atomic mass is 16.5. The molecule has 1 N–H and O–H groups in total. The van der Waals surface area contributed by atoms with Crippen molar-refractivity contribution in [2.75, 3.05) is 44.7 Å².